The van der Waals surface area contributed by atoms with Gasteiger partial charge in [-0.3, -0.25) is 9.36 Å². The summed E-state index contributed by atoms with van der Waals surface area (Å²) in [7, 11) is 1.60. The van der Waals surface area contributed by atoms with Crippen molar-refractivity contribution in [3.63, 3.8) is 0 Å². The van der Waals surface area contributed by atoms with Crippen molar-refractivity contribution < 1.29 is 9.47 Å². The lowest BCUT2D eigenvalue weighted by Crippen LogP contribution is -2.28. The number of likely N-dealkylation sites (tertiary alicyclic amines) is 1. The normalized spacial score (nSPS) is 16.8. The Morgan fingerprint density at radius 3 is 2.60 bits per heavy atom. The molecule has 2 aromatic carbocycles. The third kappa shape index (κ3) is 4.19. The molecule has 0 radical (unpaired) electrons. The lowest BCUT2D eigenvalue weighted by molar-refractivity contribution is 0.230. The first-order valence-corrected chi connectivity index (χ1v) is 10.6. The summed E-state index contributed by atoms with van der Waals surface area (Å²) in [6.45, 7) is 7.12. The number of ether oxygens (including phenoxy) is 2. The third-order valence-electron chi connectivity index (χ3n) is 5.89. The lowest BCUT2D eigenvalue weighted by atomic mass is 10.2. The molecule has 1 aliphatic rings. The number of nitrogens with zero attached hydrogens (tertiary/aromatic N) is 3. The molecule has 1 atom stereocenters. The van der Waals surface area contributed by atoms with Crippen LogP contribution in [0.1, 0.15) is 32.0 Å². The number of methoxy groups -OCH3 is 1. The molecular formula is C24H29N3O3. The fraction of sp³-hybridized carbons (Fsp3) is 0.417. The molecule has 6 heteroatoms. The zero-order valence-corrected chi connectivity index (χ0v) is 17.9. The van der Waals surface area contributed by atoms with E-state index in [9.17, 15) is 4.79 Å². The molecule has 0 amide bonds. The first-order chi connectivity index (χ1) is 14.6. The number of benzene rings is 2. The summed E-state index contributed by atoms with van der Waals surface area (Å²) >= 11 is 0. The van der Waals surface area contributed by atoms with Crippen LogP contribution in [0.2, 0.25) is 0 Å². The predicted octanol–water partition coefficient (Wildman–Crippen LogP) is 3.96. The van der Waals surface area contributed by atoms with Crippen molar-refractivity contribution >= 4 is 10.9 Å². The van der Waals surface area contributed by atoms with Gasteiger partial charge in [-0.2, -0.15) is 0 Å². The van der Waals surface area contributed by atoms with Crippen molar-refractivity contribution in [2.45, 2.75) is 39.2 Å². The van der Waals surface area contributed by atoms with Crippen LogP contribution < -0.4 is 15.0 Å². The van der Waals surface area contributed by atoms with Gasteiger partial charge in [0, 0.05) is 18.7 Å². The van der Waals surface area contributed by atoms with E-state index in [0.29, 0.717) is 35.1 Å². The van der Waals surface area contributed by atoms with Crippen LogP contribution in [0, 0.1) is 6.92 Å². The molecule has 0 unspecified atom stereocenters. The summed E-state index contributed by atoms with van der Waals surface area (Å²) in [5, 5.41) is 0.567. The van der Waals surface area contributed by atoms with E-state index in [-0.39, 0.29) is 5.56 Å². The maximum Gasteiger partial charge on any atom is 0.265 e. The maximum absolute atomic E-state index is 13.0. The smallest absolute Gasteiger partial charge is 0.265 e. The van der Waals surface area contributed by atoms with Gasteiger partial charge in [0.1, 0.15) is 17.3 Å². The van der Waals surface area contributed by atoms with E-state index >= 15 is 0 Å². The lowest BCUT2D eigenvalue weighted by Gasteiger charge is -2.20. The maximum atomic E-state index is 13.0. The van der Waals surface area contributed by atoms with Crippen molar-refractivity contribution in [3.05, 3.63) is 58.6 Å². The first kappa shape index (κ1) is 20.4. The zero-order valence-electron chi connectivity index (χ0n) is 17.9. The highest BCUT2D eigenvalue weighted by Crippen LogP contribution is 2.20. The van der Waals surface area contributed by atoms with Gasteiger partial charge in [0.05, 0.1) is 30.3 Å². The van der Waals surface area contributed by atoms with E-state index in [0.717, 1.165) is 24.4 Å². The molecule has 30 heavy (non-hydrogen) atoms. The van der Waals surface area contributed by atoms with Crippen molar-refractivity contribution in [3.8, 4) is 17.2 Å². The fourth-order valence-corrected chi connectivity index (χ4v) is 4.18. The van der Waals surface area contributed by atoms with Crippen LogP contribution >= 0.6 is 0 Å². The number of hydrogen-bond donors (Lipinski definition) is 0. The number of aryl methyl sites for hydroxylation is 1. The van der Waals surface area contributed by atoms with Gasteiger partial charge in [0.25, 0.3) is 5.56 Å². The van der Waals surface area contributed by atoms with Gasteiger partial charge in [0.15, 0.2) is 0 Å². The highest BCUT2D eigenvalue weighted by Gasteiger charge is 2.19. The van der Waals surface area contributed by atoms with Crippen LogP contribution in [0.3, 0.4) is 0 Å². The van der Waals surface area contributed by atoms with E-state index in [1.807, 2.05) is 31.2 Å². The van der Waals surface area contributed by atoms with Crippen LogP contribution in [0.25, 0.3) is 16.6 Å². The topological polar surface area (TPSA) is 56.6 Å². The van der Waals surface area contributed by atoms with E-state index in [1.54, 1.807) is 29.9 Å². The van der Waals surface area contributed by atoms with E-state index in [1.165, 1.54) is 19.4 Å². The number of fused-ring (bicyclic) bond motifs is 1. The van der Waals surface area contributed by atoms with Gasteiger partial charge in [-0.1, -0.05) is 0 Å². The van der Waals surface area contributed by atoms with Crippen LogP contribution in [0.4, 0.5) is 0 Å². The number of hydrogen-bond acceptors (Lipinski definition) is 5. The van der Waals surface area contributed by atoms with E-state index in [4.69, 9.17) is 9.47 Å². The molecule has 6 nitrogen and oxygen atoms in total. The Labute approximate surface area is 177 Å². The molecule has 0 saturated carbocycles. The van der Waals surface area contributed by atoms with Crippen molar-refractivity contribution in [1.82, 2.24) is 14.5 Å². The van der Waals surface area contributed by atoms with E-state index in [2.05, 4.69) is 16.8 Å². The van der Waals surface area contributed by atoms with Gasteiger partial charge in [-0.25, -0.2) is 4.98 Å². The van der Waals surface area contributed by atoms with Crippen molar-refractivity contribution in [2.75, 3.05) is 26.8 Å². The summed E-state index contributed by atoms with van der Waals surface area (Å²) < 4.78 is 12.8. The first-order valence-electron chi connectivity index (χ1n) is 10.6. The van der Waals surface area contributed by atoms with Gasteiger partial charge < -0.3 is 14.4 Å². The largest absolute Gasteiger partial charge is 0.497 e. The average molecular weight is 408 g/mol. The fourth-order valence-electron chi connectivity index (χ4n) is 4.18. The summed E-state index contributed by atoms with van der Waals surface area (Å²) in [6, 6.07) is 13.7. The third-order valence-corrected chi connectivity index (χ3v) is 5.89. The molecular weight excluding hydrogens is 378 g/mol. The highest BCUT2D eigenvalue weighted by molar-refractivity contribution is 5.79. The zero-order chi connectivity index (χ0) is 21.1. The SMILES string of the molecule is COc1ccc2c(=O)n(-c3ccc(OCCCN4CCC[C@H]4C)cc3)c(C)nc2c1. The van der Waals surface area contributed by atoms with Crippen LogP contribution in [-0.2, 0) is 0 Å². The Bertz CT molecular complexity index is 1080. The molecule has 4 rings (SSSR count). The van der Waals surface area contributed by atoms with Crippen molar-refractivity contribution in [2.24, 2.45) is 0 Å². The molecule has 1 aromatic heterocycles. The Balaban J connectivity index is 1.46. The standard InChI is InChI=1S/C24H29N3O3/c1-17-6-4-13-26(17)14-5-15-30-20-9-7-19(8-10-20)27-18(2)25-23-16-21(29-3)11-12-22(23)24(27)28/h7-12,16-17H,4-6,13-15H2,1-3H3/t17-/m1/s1. The van der Waals surface area contributed by atoms with E-state index < -0.39 is 0 Å². The Morgan fingerprint density at radius 2 is 1.90 bits per heavy atom. The molecule has 1 saturated heterocycles. The molecule has 3 aromatic rings. The van der Waals surface area contributed by atoms with Gasteiger partial charge in [0.2, 0.25) is 0 Å². The second-order valence-electron chi connectivity index (χ2n) is 7.91. The molecule has 158 valence electrons. The molecule has 1 aliphatic heterocycles. The Kier molecular flexibility index (Phi) is 6.04. The second kappa shape index (κ2) is 8.88. The predicted molar refractivity (Wildman–Crippen MR) is 119 cm³/mol. The highest BCUT2D eigenvalue weighted by atomic mass is 16.5. The van der Waals surface area contributed by atoms with Crippen LogP contribution in [0.5, 0.6) is 11.5 Å². The van der Waals surface area contributed by atoms with Gasteiger partial charge in [-0.05, 0) is 76.1 Å². The minimum absolute atomic E-state index is 0.0893. The molecule has 0 N–H and O–H groups in total. The number of rotatable bonds is 7. The van der Waals surface area contributed by atoms with Crippen LogP contribution in [-0.4, -0.2) is 47.3 Å². The van der Waals surface area contributed by atoms with Gasteiger partial charge in [-0.15, -0.1) is 0 Å². The summed E-state index contributed by atoms with van der Waals surface area (Å²) in [6.07, 6.45) is 3.63. The Hall–Kier alpha value is -2.86. The monoisotopic (exact) mass is 407 g/mol. The molecule has 2 heterocycles. The average Bonchev–Trinajstić information content (AvgIpc) is 3.16. The molecule has 1 fully saturated rings. The second-order valence-corrected chi connectivity index (χ2v) is 7.91. The molecule has 0 aliphatic carbocycles. The summed E-state index contributed by atoms with van der Waals surface area (Å²) in [5.41, 5.74) is 1.33. The minimum atomic E-state index is -0.0893. The van der Waals surface area contributed by atoms with Crippen molar-refractivity contribution in [1.29, 1.82) is 0 Å². The van der Waals surface area contributed by atoms with Gasteiger partial charge >= 0.3 is 0 Å². The quantitative estimate of drug-likeness (QED) is 0.555. The summed E-state index contributed by atoms with van der Waals surface area (Å²) in [4.78, 5) is 20.2. The minimum Gasteiger partial charge on any atom is -0.497 e. The number of aromatic nitrogens is 2. The molecule has 0 bridgehead atoms. The Morgan fingerprint density at radius 1 is 1.13 bits per heavy atom. The van der Waals surface area contributed by atoms with Crippen LogP contribution in [0.15, 0.2) is 47.3 Å². The molecule has 0 spiro atoms. The summed E-state index contributed by atoms with van der Waals surface area (Å²) in [5.74, 6) is 2.14.